The van der Waals surface area contributed by atoms with Crippen LogP contribution in [0.3, 0.4) is 0 Å². The first-order valence-corrected chi connectivity index (χ1v) is 20.0. The van der Waals surface area contributed by atoms with E-state index in [0.29, 0.717) is 0 Å². The number of aliphatic hydroxyl groups excluding tert-OH is 1. The number of hydrogen-bond donors (Lipinski definition) is 1. The first-order valence-electron chi connectivity index (χ1n) is 19.2. The van der Waals surface area contributed by atoms with Crippen LogP contribution in [-0.4, -0.2) is 83.4 Å². The highest BCUT2D eigenvalue weighted by Gasteiger charge is 2.14. The number of aromatic nitrogens is 6. The van der Waals surface area contributed by atoms with Gasteiger partial charge < -0.3 is 14.9 Å². The third-order valence-electron chi connectivity index (χ3n) is 10.8. The first kappa shape index (κ1) is 36.2. The van der Waals surface area contributed by atoms with Gasteiger partial charge in [-0.15, -0.1) is 0 Å². The van der Waals surface area contributed by atoms with E-state index in [1.54, 1.807) is 17.6 Å². The second-order valence-corrected chi connectivity index (χ2v) is 15.4. The Hall–Kier alpha value is -4.74. The average molecular weight is 784 g/mol. The Balaban J connectivity index is 0.000000160. The molecule has 6 heterocycles. The van der Waals surface area contributed by atoms with Gasteiger partial charge in [-0.1, -0.05) is 66.7 Å². The Morgan fingerprint density at radius 2 is 1.13 bits per heavy atom. The van der Waals surface area contributed by atoms with Gasteiger partial charge in [0.25, 0.3) is 0 Å². The molecule has 9 nitrogen and oxygen atoms in total. The van der Waals surface area contributed by atoms with Gasteiger partial charge in [0, 0.05) is 54.6 Å². The molecule has 0 bridgehead atoms. The highest BCUT2D eigenvalue weighted by atomic mass is 79.9. The third kappa shape index (κ3) is 8.47. The molecule has 0 saturated carbocycles. The molecule has 54 heavy (non-hydrogen) atoms. The van der Waals surface area contributed by atoms with Crippen LogP contribution >= 0.6 is 15.9 Å². The Labute approximate surface area is 325 Å². The van der Waals surface area contributed by atoms with Crippen molar-refractivity contribution in [1.82, 2.24) is 39.0 Å². The standard InChI is InChI=1S/C26H28N4O.C18H19BrN4/c1-19(31)22-5-4-6-23(15-22)25-17-28-30-18-24(16-27-26(25)30)21-9-7-20(8-10-21)11-14-29-12-2-3-13-29;19-17-12-21-23-13-16(11-20-18(17)23)15-5-3-14(4-6-15)7-10-22-8-1-2-9-22/h4-10,15-19,31H,2-3,11-14H2,1H3;3-6,11-13H,1-2,7-10H2. The zero-order valence-electron chi connectivity index (χ0n) is 30.9. The molecule has 10 heteroatoms. The largest absolute Gasteiger partial charge is 0.389 e. The minimum atomic E-state index is -0.500. The van der Waals surface area contributed by atoms with E-state index in [9.17, 15) is 5.11 Å². The molecule has 1 unspecified atom stereocenters. The predicted octanol–water partition coefficient (Wildman–Crippen LogP) is 8.55. The lowest BCUT2D eigenvalue weighted by Crippen LogP contribution is -2.21. The van der Waals surface area contributed by atoms with Crippen molar-refractivity contribution < 1.29 is 5.11 Å². The summed E-state index contributed by atoms with van der Waals surface area (Å²) in [6.07, 6.45) is 18.6. The highest BCUT2D eigenvalue weighted by Crippen LogP contribution is 2.28. The minimum absolute atomic E-state index is 0.500. The number of fused-ring (bicyclic) bond motifs is 2. The van der Waals surface area contributed by atoms with Crippen LogP contribution in [0.1, 0.15) is 55.4 Å². The van der Waals surface area contributed by atoms with Crippen LogP contribution in [0, 0.1) is 0 Å². The maximum atomic E-state index is 9.89. The Bertz CT molecular complexity index is 2300. The molecule has 1 atom stereocenters. The van der Waals surface area contributed by atoms with E-state index >= 15 is 0 Å². The van der Waals surface area contributed by atoms with E-state index in [0.717, 1.165) is 68.5 Å². The van der Waals surface area contributed by atoms with Gasteiger partial charge in [-0.05, 0) is 127 Å². The molecule has 2 aliphatic rings. The Kier molecular flexibility index (Phi) is 11.2. The summed E-state index contributed by atoms with van der Waals surface area (Å²) in [5.41, 5.74) is 11.7. The van der Waals surface area contributed by atoms with Gasteiger partial charge in [0.1, 0.15) is 0 Å². The zero-order chi connectivity index (χ0) is 36.9. The molecule has 2 aliphatic heterocycles. The fraction of sp³-hybridized carbons (Fsp3) is 0.318. The van der Waals surface area contributed by atoms with Crippen LogP contribution in [-0.2, 0) is 12.8 Å². The van der Waals surface area contributed by atoms with Crippen molar-refractivity contribution in [3.8, 4) is 33.4 Å². The number of aliphatic hydroxyl groups is 1. The summed E-state index contributed by atoms with van der Waals surface area (Å²) in [4.78, 5) is 14.3. The fourth-order valence-electron chi connectivity index (χ4n) is 7.50. The van der Waals surface area contributed by atoms with Crippen molar-refractivity contribution in [1.29, 1.82) is 0 Å². The number of hydrogen-bond acceptors (Lipinski definition) is 7. The maximum Gasteiger partial charge on any atom is 0.169 e. The van der Waals surface area contributed by atoms with Crippen LogP contribution in [0.15, 0.2) is 114 Å². The number of likely N-dealkylation sites (tertiary alicyclic amines) is 2. The van der Waals surface area contributed by atoms with Crippen molar-refractivity contribution in [3.05, 3.63) is 131 Å². The lowest BCUT2D eigenvalue weighted by atomic mass is 10.0. The molecule has 4 aromatic heterocycles. The Morgan fingerprint density at radius 1 is 0.611 bits per heavy atom. The van der Waals surface area contributed by atoms with Crippen LogP contribution in [0.4, 0.5) is 0 Å². The van der Waals surface area contributed by atoms with Crippen molar-refractivity contribution >= 4 is 27.2 Å². The number of rotatable bonds is 10. The molecule has 9 rings (SSSR count). The molecule has 3 aromatic carbocycles. The van der Waals surface area contributed by atoms with Gasteiger partial charge in [0.15, 0.2) is 11.3 Å². The van der Waals surface area contributed by atoms with Crippen LogP contribution in [0.25, 0.3) is 44.7 Å². The molecular formula is C44H47BrN8O. The number of halogens is 1. The van der Waals surface area contributed by atoms with Crippen LogP contribution < -0.4 is 0 Å². The van der Waals surface area contributed by atoms with Crippen molar-refractivity contribution in [2.45, 2.75) is 51.6 Å². The van der Waals surface area contributed by atoms with E-state index in [1.807, 2.05) is 59.8 Å². The van der Waals surface area contributed by atoms with Gasteiger partial charge in [0.2, 0.25) is 0 Å². The van der Waals surface area contributed by atoms with Gasteiger partial charge in [-0.3, -0.25) is 0 Å². The summed E-state index contributed by atoms with van der Waals surface area (Å²) in [7, 11) is 0. The molecule has 0 spiro atoms. The lowest BCUT2D eigenvalue weighted by molar-refractivity contribution is 0.199. The third-order valence-corrected chi connectivity index (χ3v) is 11.3. The van der Waals surface area contributed by atoms with Crippen molar-refractivity contribution in [2.24, 2.45) is 0 Å². The fourth-order valence-corrected chi connectivity index (χ4v) is 7.88. The summed E-state index contributed by atoms with van der Waals surface area (Å²) in [5, 5.41) is 18.7. The second-order valence-electron chi connectivity index (χ2n) is 14.6. The highest BCUT2D eigenvalue weighted by molar-refractivity contribution is 9.10. The first-order chi connectivity index (χ1) is 26.5. The molecule has 7 aromatic rings. The lowest BCUT2D eigenvalue weighted by Gasteiger charge is -2.14. The van der Waals surface area contributed by atoms with Crippen molar-refractivity contribution in [3.63, 3.8) is 0 Å². The molecule has 276 valence electrons. The van der Waals surface area contributed by atoms with Gasteiger partial charge >= 0.3 is 0 Å². The second kappa shape index (κ2) is 16.7. The van der Waals surface area contributed by atoms with E-state index in [-0.39, 0.29) is 0 Å². The normalized spacial score (nSPS) is 15.5. The van der Waals surface area contributed by atoms with Crippen molar-refractivity contribution in [2.75, 3.05) is 39.3 Å². The zero-order valence-corrected chi connectivity index (χ0v) is 32.4. The molecule has 0 aliphatic carbocycles. The molecule has 2 saturated heterocycles. The predicted molar refractivity (Wildman–Crippen MR) is 219 cm³/mol. The quantitative estimate of drug-likeness (QED) is 0.149. The van der Waals surface area contributed by atoms with E-state index in [4.69, 9.17) is 4.98 Å². The summed E-state index contributed by atoms with van der Waals surface area (Å²) < 4.78 is 4.56. The smallest absolute Gasteiger partial charge is 0.169 e. The molecule has 0 radical (unpaired) electrons. The Morgan fingerprint density at radius 3 is 1.69 bits per heavy atom. The monoisotopic (exact) mass is 782 g/mol. The summed E-state index contributed by atoms with van der Waals surface area (Å²) >= 11 is 3.45. The summed E-state index contributed by atoms with van der Waals surface area (Å²) in [6.45, 7) is 9.13. The molecule has 1 N–H and O–H groups in total. The van der Waals surface area contributed by atoms with E-state index < -0.39 is 6.10 Å². The number of nitrogens with zero attached hydrogens (tertiary/aromatic N) is 8. The van der Waals surface area contributed by atoms with E-state index in [2.05, 4.69) is 89.4 Å². The average Bonchev–Trinajstić information content (AvgIpc) is 4.06. The van der Waals surface area contributed by atoms with Gasteiger partial charge in [-0.2, -0.15) is 10.2 Å². The van der Waals surface area contributed by atoms with E-state index in [1.165, 1.54) is 75.1 Å². The molecule has 2 fully saturated rings. The van der Waals surface area contributed by atoms with Crippen LogP contribution in [0.2, 0.25) is 0 Å². The number of benzene rings is 3. The maximum absolute atomic E-state index is 9.89. The summed E-state index contributed by atoms with van der Waals surface area (Å²) in [5.74, 6) is 0. The SMILES string of the molecule is Brc1cnn2cc(-c3ccc(CCN4CCCC4)cc3)cnc12.CC(O)c1cccc(-c2cnn3cc(-c4ccc(CCN5CCCC5)cc4)cnc23)c1. The topological polar surface area (TPSA) is 87.1 Å². The van der Waals surface area contributed by atoms with Gasteiger partial charge in [-0.25, -0.2) is 19.0 Å². The minimum Gasteiger partial charge on any atom is -0.389 e. The molecular weight excluding hydrogens is 736 g/mol. The molecule has 0 amide bonds. The van der Waals surface area contributed by atoms with Crippen LogP contribution in [0.5, 0.6) is 0 Å². The van der Waals surface area contributed by atoms with Gasteiger partial charge in [0.05, 0.1) is 23.0 Å². The summed E-state index contributed by atoms with van der Waals surface area (Å²) in [6, 6.07) is 25.6.